The van der Waals surface area contributed by atoms with Crippen LogP contribution in [0.5, 0.6) is 0 Å². The summed E-state index contributed by atoms with van der Waals surface area (Å²) < 4.78 is 2.01. The highest BCUT2D eigenvalue weighted by molar-refractivity contribution is 4.82. The van der Waals surface area contributed by atoms with Crippen molar-refractivity contribution in [2.24, 2.45) is 0 Å². The summed E-state index contributed by atoms with van der Waals surface area (Å²) in [5.41, 5.74) is 0. The zero-order valence-electron chi connectivity index (χ0n) is 9.76. The minimum Gasteiger partial charge on any atom is -0.391 e. The van der Waals surface area contributed by atoms with Crippen LogP contribution in [0.25, 0.3) is 0 Å². The maximum atomic E-state index is 9.69. The number of aliphatic hydroxyl groups is 1. The van der Waals surface area contributed by atoms with E-state index in [1.165, 1.54) is 25.7 Å². The van der Waals surface area contributed by atoms with Gasteiger partial charge in [-0.2, -0.15) is 0 Å². The van der Waals surface area contributed by atoms with E-state index in [2.05, 4.69) is 11.9 Å². The number of hydrogen-bond acceptors (Lipinski definition) is 2. The summed E-state index contributed by atoms with van der Waals surface area (Å²) in [4.78, 5) is 4.02. The van der Waals surface area contributed by atoms with Gasteiger partial charge >= 0.3 is 0 Å². The fraction of sp³-hybridized carbons (Fsp3) is 0.750. The molecule has 15 heavy (non-hydrogen) atoms. The van der Waals surface area contributed by atoms with E-state index >= 15 is 0 Å². The van der Waals surface area contributed by atoms with Gasteiger partial charge in [0.15, 0.2) is 0 Å². The Morgan fingerprint density at radius 2 is 2.13 bits per heavy atom. The molecule has 2 atom stereocenters. The Morgan fingerprint density at radius 3 is 2.67 bits per heavy atom. The van der Waals surface area contributed by atoms with Gasteiger partial charge in [0, 0.05) is 12.4 Å². The topological polar surface area (TPSA) is 38.0 Å². The van der Waals surface area contributed by atoms with Crippen molar-refractivity contribution in [3.05, 3.63) is 18.7 Å². The summed E-state index contributed by atoms with van der Waals surface area (Å²) in [5.74, 6) is 0. The summed E-state index contributed by atoms with van der Waals surface area (Å²) in [7, 11) is 0. The highest BCUT2D eigenvalue weighted by Crippen LogP contribution is 2.19. The van der Waals surface area contributed by atoms with Crippen molar-refractivity contribution >= 4 is 0 Å². The molecule has 0 saturated heterocycles. The van der Waals surface area contributed by atoms with E-state index < -0.39 is 0 Å². The lowest BCUT2D eigenvalue weighted by molar-refractivity contribution is 0.122. The molecule has 3 nitrogen and oxygen atoms in total. The molecule has 0 aliphatic rings. The van der Waals surface area contributed by atoms with Gasteiger partial charge in [0.25, 0.3) is 0 Å². The Morgan fingerprint density at radius 1 is 1.33 bits per heavy atom. The van der Waals surface area contributed by atoms with Crippen LogP contribution in [0, 0.1) is 0 Å². The quantitative estimate of drug-likeness (QED) is 0.703. The highest BCUT2D eigenvalue weighted by atomic mass is 16.3. The van der Waals surface area contributed by atoms with Crippen LogP contribution in [-0.4, -0.2) is 20.8 Å². The second-order valence-electron chi connectivity index (χ2n) is 4.17. The maximum Gasteiger partial charge on any atom is 0.0949 e. The van der Waals surface area contributed by atoms with Crippen molar-refractivity contribution in [3.8, 4) is 0 Å². The molecule has 1 aromatic heterocycles. The summed E-state index contributed by atoms with van der Waals surface area (Å²) >= 11 is 0. The standard InChI is InChI=1S/C12H22N2O/c1-3-4-5-6-7-12(11(2)15)14-9-8-13-10-14/h8-12,15H,3-7H2,1-2H3/t11-,12-/m0/s1. The Balaban J connectivity index is 2.39. The van der Waals surface area contributed by atoms with Crippen LogP contribution in [0.3, 0.4) is 0 Å². The van der Waals surface area contributed by atoms with Crippen molar-refractivity contribution in [1.29, 1.82) is 0 Å². The number of nitrogens with zero attached hydrogens (tertiary/aromatic N) is 2. The van der Waals surface area contributed by atoms with Crippen molar-refractivity contribution < 1.29 is 5.11 Å². The first kappa shape index (κ1) is 12.2. The van der Waals surface area contributed by atoms with Crippen molar-refractivity contribution in [2.45, 2.75) is 58.1 Å². The smallest absolute Gasteiger partial charge is 0.0949 e. The lowest BCUT2D eigenvalue weighted by Gasteiger charge is -2.21. The van der Waals surface area contributed by atoms with Gasteiger partial charge in [0.2, 0.25) is 0 Å². The van der Waals surface area contributed by atoms with E-state index in [1.54, 1.807) is 12.5 Å². The van der Waals surface area contributed by atoms with Gasteiger partial charge in [-0.1, -0.05) is 32.6 Å². The van der Waals surface area contributed by atoms with Crippen LogP contribution < -0.4 is 0 Å². The van der Waals surface area contributed by atoms with Crippen LogP contribution in [0.4, 0.5) is 0 Å². The van der Waals surface area contributed by atoms with Crippen LogP contribution >= 0.6 is 0 Å². The Bertz CT molecular complexity index is 244. The van der Waals surface area contributed by atoms with Gasteiger partial charge in [0.05, 0.1) is 18.5 Å². The van der Waals surface area contributed by atoms with E-state index in [-0.39, 0.29) is 12.1 Å². The molecule has 0 amide bonds. The molecule has 1 N–H and O–H groups in total. The summed E-state index contributed by atoms with van der Waals surface area (Å²) in [6.45, 7) is 4.06. The minimum absolute atomic E-state index is 0.185. The normalized spacial score (nSPS) is 15.1. The molecule has 1 aromatic rings. The van der Waals surface area contributed by atoms with Gasteiger partial charge in [-0.25, -0.2) is 4.98 Å². The summed E-state index contributed by atoms with van der Waals surface area (Å²) in [6, 6.07) is 0.185. The molecule has 0 spiro atoms. The molecule has 0 aliphatic heterocycles. The molecule has 86 valence electrons. The number of hydrogen-bond donors (Lipinski definition) is 1. The van der Waals surface area contributed by atoms with E-state index in [0.717, 1.165) is 6.42 Å². The molecule has 0 unspecified atom stereocenters. The predicted octanol–water partition coefficient (Wildman–Crippen LogP) is 2.78. The molecular formula is C12H22N2O. The van der Waals surface area contributed by atoms with E-state index in [0.29, 0.717) is 0 Å². The second kappa shape index (κ2) is 6.62. The van der Waals surface area contributed by atoms with E-state index in [1.807, 2.05) is 17.7 Å². The molecule has 0 fully saturated rings. The predicted molar refractivity (Wildman–Crippen MR) is 61.7 cm³/mol. The number of rotatable bonds is 7. The molecule has 1 heterocycles. The Kier molecular flexibility index (Phi) is 5.40. The Hall–Kier alpha value is -0.830. The molecule has 0 bridgehead atoms. The molecule has 1 rings (SSSR count). The first-order chi connectivity index (χ1) is 7.25. The van der Waals surface area contributed by atoms with Crippen molar-refractivity contribution in [3.63, 3.8) is 0 Å². The third-order valence-corrected chi connectivity index (χ3v) is 2.82. The molecule has 0 saturated carbocycles. The summed E-state index contributed by atoms with van der Waals surface area (Å²) in [5, 5.41) is 9.69. The van der Waals surface area contributed by atoms with Gasteiger partial charge in [0.1, 0.15) is 0 Å². The third kappa shape index (κ3) is 4.04. The zero-order chi connectivity index (χ0) is 11.1. The number of aliphatic hydroxyl groups excluding tert-OH is 1. The molecule has 0 aliphatic carbocycles. The Labute approximate surface area is 92.1 Å². The molecular weight excluding hydrogens is 188 g/mol. The third-order valence-electron chi connectivity index (χ3n) is 2.82. The van der Waals surface area contributed by atoms with Gasteiger partial charge < -0.3 is 9.67 Å². The minimum atomic E-state index is -0.305. The molecule has 0 aromatic carbocycles. The van der Waals surface area contributed by atoms with Gasteiger partial charge in [-0.05, 0) is 13.3 Å². The first-order valence-corrected chi connectivity index (χ1v) is 5.91. The average Bonchev–Trinajstić information content (AvgIpc) is 2.70. The lowest BCUT2D eigenvalue weighted by Crippen LogP contribution is -2.20. The fourth-order valence-corrected chi connectivity index (χ4v) is 1.89. The summed E-state index contributed by atoms with van der Waals surface area (Å²) in [6.07, 6.45) is 11.2. The van der Waals surface area contributed by atoms with Crippen LogP contribution in [0.1, 0.15) is 52.0 Å². The van der Waals surface area contributed by atoms with Crippen LogP contribution in [0.2, 0.25) is 0 Å². The van der Waals surface area contributed by atoms with Crippen LogP contribution in [0.15, 0.2) is 18.7 Å². The average molecular weight is 210 g/mol. The number of aromatic nitrogens is 2. The number of imidazole rings is 1. The SMILES string of the molecule is CCCCCC[C@@H]([C@H](C)O)n1ccnc1. The molecule has 3 heteroatoms. The van der Waals surface area contributed by atoms with E-state index in [9.17, 15) is 5.11 Å². The van der Waals surface area contributed by atoms with E-state index in [4.69, 9.17) is 0 Å². The van der Waals surface area contributed by atoms with Crippen LogP contribution in [-0.2, 0) is 0 Å². The lowest BCUT2D eigenvalue weighted by atomic mass is 10.0. The van der Waals surface area contributed by atoms with Crippen molar-refractivity contribution in [1.82, 2.24) is 9.55 Å². The zero-order valence-corrected chi connectivity index (χ0v) is 9.76. The second-order valence-corrected chi connectivity index (χ2v) is 4.17. The van der Waals surface area contributed by atoms with Gasteiger partial charge in [-0.15, -0.1) is 0 Å². The monoisotopic (exact) mass is 210 g/mol. The largest absolute Gasteiger partial charge is 0.391 e. The number of unbranched alkanes of at least 4 members (excludes halogenated alkanes) is 3. The first-order valence-electron chi connectivity index (χ1n) is 5.91. The van der Waals surface area contributed by atoms with Crippen molar-refractivity contribution in [2.75, 3.05) is 0 Å². The maximum absolute atomic E-state index is 9.69. The highest BCUT2D eigenvalue weighted by Gasteiger charge is 2.15. The molecule has 0 radical (unpaired) electrons. The fourth-order valence-electron chi connectivity index (χ4n) is 1.89. The van der Waals surface area contributed by atoms with Gasteiger partial charge in [-0.3, -0.25) is 0 Å².